The molecular weight excluding hydrogens is 278 g/mol. The van der Waals surface area contributed by atoms with Crippen LogP contribution in [0.4, 0.5) is 0 Å². The van der Waals surface area contributed by atoms with Gasteiger partial charge in [0.25, 0.3) is 0 Å². The molecule has 0 radical (unpaired) electrons. The van der Waals surface area contributed by atoms with E-state index in [2.05, 4.69) is 57.0 Å². The van der Waals surface area contributed by atoms with E-state index in [1.807, 2.05) is 0 Å². The molecule has 2 unspecified atom stereocenters. The molecule has 1 heterocycles. The second-order valence-corrected chi connectivity index (χ2v) is 8.91. The summed E-state index contributed by atoms with van der Waals surface area (Å²) < 4.78 is 5.33. The Bertz CT molecular complexity index is 504. The fourth-order valence-electron chi connectivity index (χ4n) is 3.95. The first-order chi connectivity index (χ1) is 10.1. The summed E-state index contributed by atoms with van der Waals surface area (Å²) in [7, 11) is 0. The molecule has 1 aromatic heterocycles. The zero-order valence-corrected chi connectivity index (χ0v) is 14.9. The van der Waals surface area contributed by atoms with Gasteiger partial charge in [-0.3, -0.25) is 0 Å². The van der Waals surface area contributed by atoms with Crippen molar-refractivity contribution in [1.29, 1.82) is 0 Å². The number of aliphatic hydroxyl groups is 1. The molecule has 1 fully saturated rings. The van der Waals surface area contributed by atoms with Gasteiger partial charge in [0.15, 0.2) is 5.82 Å². The molecule has 0 aliphatic heterocycles. The van der Waals surface area contributed by atoms with Crippen molar-refractivity contribution in [1.82, 2.24) is 15.5 Å². The van der Waals surface area contributed by atoms with Gasteiger partial charge < -0.3 is 14.9 Å². The molecule has 0 spiro atoms. The molecule has 2 rings (SSSR count). The summed E-state index contributed by atoms with van der Waals surface area (Å²) in [5, 5.41) is 17.6. The third-order valence-corrected chi connectivity index (χ3v) is 4.49. The predicted molar refractivity (Wildman–Crippen MR) is 86.5 cm³/mol. The largest absolute Gasteiger partial charge is 0.394 e. The standard InChI is InChI=1S/C17H31N3O2/c1-12-7-16(5,6)10-17(8-12,11-21)18-9-13-19-14(22-20-13)15(2,3)4/h12,18,21H,7-11H2,1-6H3. The van der Waals surface area contributed by atoms with Gasteiger partial charge >= 0.3 is 0 Å². The van der Waals surface area contributed by atoms with E-state index in [4.69, 9.17) is 4.52 Å². The van der Waals surface area contributed by atoms with Crippen LogP contribution in [0, 0.1) is 11.3 Å². The highest BCUT2D eigenvalue weighted by Crippen LogP contribution is 2.43. The molecule has 0 bridgehead atoms. The highest BCUT2D eigenvalue weighted by molar-refractivity contribution is 5.02. The van der Waals surface area contributed by atoms with Gasteiger partial charge in [0.1, 0.15) is 0 Å². The van der Waals surface area contributed by atoms with E-state index in [0.29, 0.717) is 24.2 Å². The molecule has 1 saturated carbocycles. The second-order valence-electron chi connectivity index (χ2n) is 8.91. The van der Waals surface area contributed by atoms with Gasteiger partial charge in [-0.2, -0.15) is 4.98 Å². The SMILES string of the molecule is CC1CC(C)(C)CC(CO)(NCc2noc(C(C)(C)C)n2)C1. The summed E-state index contributed by atoms with van der Waals surface area (Å²) >= 11 is 0. The highest BCUT2D eigenvalue weighted by atomic mass is 16.5. The minimum absolute atomic E-state index is 0.138. The molecule has 1 aliphatic carbocycles. The summed E-state index contributed by atoms with van der Waals surface area (Å²) in [6.07, 6.45) is 3.15. The maximum absolute atomic E-state index is 9.98. The van der Waals surface area contributed by atoms with Crippen LogP contribution in [-0.2, 0) is 12.0 Å². The maximum atomic E-state index is 9.98. The Kier molecular flexibility index (Phi) is 4.69. The fraction of sp³-hybridized carbons (Fsp3) is 0.882. The Hall–Kier alpha value is -0.940. The second kappa shape index (κ2) is 5.93. The lowest BCUT2D eigenvalue weighted by atomic mass is 9.64. The van der Waals surface area contributed by atoms with Gasteiger partial charge in [0.2, 0.25) is 5.89 Å². The van der Waals surface area contributed by atoms with Gasteiger partial charge in [0, 0.05) is 11.0 Å². The Morgan fingerprint density at radius 3 is 2.50 bits per heavy atom. The first-order valence-corrected chi connectivity index (χ1v) is 8.24. The minimum atomic E-state index is -0.246. The van der Waals surface area contributed by atoms with Crippen molar-refractivity contribution in [3.05, 3.63) is 11.7 Å². The smallest absolute Gasteiger partial charge is 0.232 e. The van der Waals surface area contributed by atoms with E-state index >= 15 is 0 Å². The minimum Gasteiger partial charge on any atom is -0.394 e. The lowest BCUT2D eigenvalue weighted by Crippen LogP contribution is -2.55. The number of nitrogens with one attached hydrogen (secondary N) is 1. The van der Waals surface area contributed by atoms with Crippen molar-refractivity contribution in [2.45, 2.75) is 78.3 Å². The molecule has 0 amide bonds. The van der Waals surface area contributed by atoms with E-state index in [1.54, 1.807) is 0 Å². The van der Waals surface area contributed by atoms with Gasteiger partial charge in [-0.25, -0.2) is 0 Å². The fourth-order valence-corrected chi connectivity index (χ4v) is 3.95. The Morgan fingerprint density at radius 1 is 1.32 bits per heavy atom. The maximum Gasteiger partial charge on any atom is 0.232 e. The number of aliphatic hydroxyl groups excluding tert-OH is 1. The third kappa shape index (κ3) is 4.07. The average Bonchev–Trinajstić information content (AvgIpc) is 2.82. The Balaban J connectivity index is 2.06. The molecule has 0 aromatic carbocycles. The van der Waals surface area contributed by atoms with Crippen molar-refractivity contribution < 1.29 is 9.63 Å². The van der Waals surface area contributed by atoms with E-state index in [-0.39, 0.29) is 23.0 Å². The lowest BCUT2D eigenvalue weighted by Gasteiger charge is -2.47. The number of aromatic nitrogens is 2. The van der Waals surface area contributed by atoms with E-state index in [9.17, 15) is 5.11 Å². The van der Waals surface area contributed by atoms with Gasteiger partial charge in [-0.1, -0.05) is 46.7 Å². The molecule has 2 N–H and O–H groups in total. The van der Waals surface area contributed by atoms with Crippen molar-refractivity contribution in [2.75, 3.05) is 6.61 Å². The summed E-state index contributed by atoms with van der Waals surface area (Å²) in [6.45, 7) is 13.7. The van der Waals surface area contributed by atoms with Crippen LogP contribution in [0.15, 0.2) is 4.52 Å². The lowest BCUT2D eigenvalue weighted by molar-refractivity contribution is 0.0347. The van der Waals surface area contributed by atoms with Crippen LogP contribution < -0.4 is 5.32 Å². The topological polar surface area (TPSA) is 71.2 Å². The quantitative estimate of drug-likeness (QED) is 0.894. The van der Waals surface area contributed by atoms with Crippen molar-refractivity contribution in [3.63, 3.8) is 0 Å². The molecule has 2 atom stereocenters. The molecule has 22 heavy (non-hydrogen) atoms. The highest BCUT2D eigenvalue weighted by Gasteiger charge is 2.42. The van der Waals surface area contributed by atoms with Crippen molar-refractivity contribution >= 4 is 0 Å². The molecule has 5 nitrogen and oxygen atoms in total. The normalized spacial score (nSPS) is 28.8. The van der Waals surface area contributed by atoms with E-state index in [1.165, 1.54) is 6.42 Å². The predicted octanol–water partition coefficient (Wildman–Crippen LogP) is 3.03. The average molecular weight is 309 g/mol. The van der Waals surface area contributed by atoms with Crippen LogP contribution in [0.3, 0.4) is 0 Å². The Labute approximate surface area is 133 Å². The van der Waals surface area contributed by atoms with Crippen LogP contribution in [0.5, 0.6) is 0 Å². The monoisotopic (exact) mass is 309 g/mol. The zero-order valence-electron chi connectivity index (χ0n) is 14.9. The summed E-state index contributed by atoms with van der Waals surface area (Å²) in [5.41, 5.74) is -0.147. The first-order valence-electron chi connectivity index (χ1n) is 8.24. The first kappa shape index (κ1) is 17.4. The number of hydrogen-bond acceptors (Lipinski definition) is 5. The number of rotatable bonds is 4. The van der Waals surface area contributed by atoms with Gasteiger partial charge in [0.05, 0.1) is 13.2 Å². The van der Waals surface area contributed by atoms with Gasteiger partial charge in [-0.05, 0) is 30.6 Å². The van der Waals surface area contributed by atoms with Crippen LogP contribution in [0.2, 0.25) is 0 Å². The van der Waals surface area contributed by atoms with Crippen LogP contribution in [0.25, 0.3) is 0 Å². The van der Waals surface area contributed by atoms with Crippen molar-refractivity contribution in [3.8, 4) is 0 Å². The summed E-state index contributed by atoms with van der Waals surface area (Å²) in [5.74, 6) is 1.91. The molecule has 126 valence electrons. The van der Waals surface area contributed by atoms with Crippen LogP contribution in [-0.4, -0.2) is 27.4 Å². The van der Waals surface area contributed by atoms with Gasteiger partial charge in [-0.15, -0.1) is 0 Å². The number of hydrogen-bond donors (Lipinski definition) is 2. The molecule has 5 heteroatoms. The van der Waals surface area contributed by atoms with E-state index < -0.39 is 0 Å². The molecule has 0 saturated heterocycles. The summed E-state index contributed by atoms with van der Waals surface area (Å²) in [4.78, 5) is 4.46. The third-order valence-electron chi connectivity index (χ3n) is 4.49. The molecule has 1 aromatic rings. The molecule has 1 aliphatic rings. The molecular formula is C17H31N3O2. The van der Waals surface area contributed by atoms with Crippen molar-refractivity contribution in [2.24, 2.45) is 11.3 Å². The van der Waals surface area contributed by atoms with Crippen LogP contribution in [0.1, 0.15) is 72.5 Å². The summed E-state index contributed by atoms with van der Waals surface area (Å²) in [6, 6.07) is 0. The van der Waals surface area contributed by atoms with E-state index in [0.717, 1.165) is 12.8 Å². The number of nitrogens with zero attached hydrogens (tertiary/aromatic N) is 2. The zero-order chi connectivity index (χ0) is 16.6. The Morgan fingerprint density at radius 2 is 2.00 bits per heavy atom. The van der Waals surface area contributed by atoms with Crippen LogP contribution >= 0.6 is 0 Å².